The predicted molar refractivity (Wildman–Crippen MR) is 123 cm³/mol. The van der Waals surface area contributed by atoms with Gasteiger partial charge in [0.2, 0.25) is 5.91 Å². The number of carbonyl (C=O) groups excluding carboxylic acids is 1. The van der Waals surface area contributed by atoms with Gasteiger partial charge in [-0.05, 0) is 101 Å². The summed E-state index contributed by atoms with van der Waals surface area (Å²) in [5.41, 5.74) is 1.67. The van der Waals surface area contributed by atoms with Gasteiger partial charge in [-0.1, -0.05) is 43.1 Å². The molecule has 2 fully saturated rings. The molecule has 2 atom stereocenters. The van der Waals surface area contributed by atoms with E-state index in [0.717, 1.165) is 44.6 Å². The number of fused-ring (bicyclic) bond motifs is 1. The summed E-state index contributed by atoms with van der Waals surface area (Å²) < 4.78 is 0. The van der Waals surface area contributed by atoms with Gasteiger partial charge in [0.1, 0.15) is 0 Å². The maximum atomic E-state index is 12.7. The van der Waals surface area contributed by atoms with Crippen LogP contribution >= 0.6 is 12.2 Å². The van der Waals surface area contributed by atoms with Gasteiger partial charge in [-0.2, -0.15) is 0 Å². The molecule has 1 heterocycles. The van der Waals surface area contributed by atoms with Crippen LogP contribution in [-0.4, -0.2) is 28.3 Å². The summed E-state index contributed by atoms with van der Waals surface area (Å²) in [6, 6.07) is 0.571. The first-order valence-corrected chi connectivity index (χ1v) is 12.6. The van der Waals surface area contributed by atoms with Crippen LogP contribution in [0.4, 0.5) is 0 Å². The van der Waals surface area contributed by atoms with Crippen molar-refractivity contribution in [3.8, 4) is 0 Å². The van der Waals surface area contributed by atoms with Gasteiger partial charge < -0.3 is 4.90 Å². The third-order valence-electron chi connectivity index (χ3n) is 7.25. The molecule has 3 rings (SSSR count). The minimum atomic E-state index is 0.430. The van der Waals surface area contributed by atoms with Gasteiger partial charge >= 0.3 is 0 Å². The third kappa shape index (κ3) is 6.97. The largest absolute Gasteiger partial charge is 0.339 e. The van der Waals surface area contributed by atoms with Crippen LogP contribution in [0.3, 0.4) is 0 Å². The van der Waals surface area contributed by atoms with Crippen LogP contribution in [0.25, 0.3) is 0 Å². The summed E-state index contributed by atoms with van der Waals surface area (Å²) in [6.45, 7) is 1.01. The summed E-state index contributed by atoms with van der Waals surface area (Å²) in [7, 11) is 0. The van der Waals surface area contributed by atoms with E-state index >= 15 is 0 Å². The molecule has 0 bridgehead atoms. The van der Waals surface area contributed by atoms with E-state index in [1.165, 1.54) is 88.3 Å². The maximum Gasteiger partial charge on any atom is 0.222 e. The van der Waals surface area contributed by atoms with Crippen molar-refractivity contribution in [1.29, 1.82) is 0 Å². The van der Waals surface area contributed by atoms with Crippen molar-refractivity contribution in [1.82, 2.24) is 4.90 Å². The second kappa shape index (κ2) is 12.1. The number of rotatable bonds is 10. The number of carbonyl (C=O) groups is 1. The molecule has 0 aromatic heterocycles. The van der Waals surface area contributed by atoms with E-state index in [-0.39, 0.29) is 0 Å². The van der Waals surface area contributed by atoms with Crippen molar-refractivity contribution in [2.45, 2.75) is 122 Å². The first-order valence-electron chi connectivity index (χ1n) is 12.2. The minimum Gasteiger partial charge on any atom is -0.339 e. The van der Waals surface area contributed by atoms with E-state index in [2.05, 4.69) is 11.0 Å². The third-order valence-corrected chi connectivity index (χ3v) is 7.66. The van der Waals surface area contributed by atoms with Crippen LogP contribution in [0.15, 0.2) is 11.6 Å². The highest BCUT2D eigenvalue weighted by atomic mass is 32.1. The molecule has 1 saturated heterocycles. The van der Waals surface area contributed by atoms with Gasteiger partial charge in [0.15, 0.2) is 0 Å². The molecule has 0 radical (unpaired) electrons. The van der Waals surface area contributed by atoms with Crippen LogP contribution in [0.5, 0.6) is 0 Å². The lowest BCUT2D eigenvalue weighted by Crippen LogP contribution is -2.49. The van der Waals surface area contributed by atoms with Crippen LogP contribution in [0.1, 0.15) is 116 Å². The van der Waals surface area contributed by atoms with E-state index in [1.54, 1.807) is 5.57 Å². The summed E-state index contributed by atoms with van der Waals surface area (Å²) in [5, 5.41) is 0. The Morgan fingerprint density at radius 2 is 1.71 bits per heavy atom. The van der Waals surface area contributed by atoms with Gasteiger partial charge in [0.05, 0.1) is 0 Å². The Hall–Kier alpha value is -0.700. The maximum absolute atomic E-state index is 12.7. The summed E-state index contributed by atoms with van der Waals surface area (Å²) in [5.74, 6) is 1.23. The molecule has 0 aromatic rings. The molecule has 3 aliphatic rings. The van der Waals surface area contributed by atoms with Crippen molar-refractivity contribution in [3.05, 3.63) is 11.6 Å². The molecule has 2 aliphatic carbocycles. The molecule has 0 N–H and O–H groups in total. The number of likely N-dealkylation sites (tertiary alicyclic amines) is 1. The van der Waals surface area contributed by atoms with E-state index in [1.807, 2.05) is 0 Å². The molecule has 0 aromatic carbocycles. The van der Waals surface area contributed by atoms with E-state index in [0.29, 0.717) is 11.9 Å². The fraction of sp³-hybridized carbons (Fsp3) is 0.840. The molecule has 1 amide bonds. The Morgan fingerprint density at radius 3 is 2.57 bits per heavy atom. The standard InChI is InChI=1S/C25H41NOS/c27-25(26-20-10-15-22-14-7-8-18-24(22)26)19-6-2-5-16-23(28)17-9-13-21-11-3-1-4-12-21/h11,22,24H,1-10,12-20H2. The Balaban J connectivity index is 1.23. The van der Waals surface area contributed by atoms with Crippen molar-refractivity contribution in [3.63, 3.8) is 0 Å². The molecule has 1 saturated carbocycles. The van der Waals surface area contributed by atoms with Crippen molar-refractivity contribution >= 4 is 23.0 Å². The molecule has 2 nitrogen and oxygen atoms in total. The van der Waals surface area contributed by atoms with Gasteiger partial charge in [-0.3, -0.25) is 4.79 Å². The first-order chi connectivity index (χ1) is 13.7. The minimum absolute atomic E-state index is 0.430. The Kier molecular flexibility index (Phi) is 9.51. The topological polar surface area (TPSA) is 20.3 Å². The van der Waals surface area contributed by atoms with Crippen LogP contribution in [0, 0.1) is 5.92 Å². The molecule has 2 unspecified atom stereocenters. The quantitative estimate of drug-likeness (QED) is 0.219. The van der Waals surface area contributed by atoms with E-state index < -0.39 is 0 Å². The monoisotopic (exact) mass is 403 g/mol. The lowest BCUT2D eigenvalue weighted by atomic mass is 9.78. The highest BCUT2D eigenvalue weighted by molar-refractivity contribution is 7.80. The van der Waals surface area contributed by atoms with E-state index in [9.17, 15) is 4.79 Å². The van der Waals surface area contributed by atoms with Crippen LogP contribution in [0.2, 0.25) is 0 Å². The average Bonchev–Trinajstić information content (AvgIpc) is 2.73. The fourth-order valence-corrected chi connectivity index (χ4v) is 5.91. The first kappa shape index (κ1) is 22.0. The lowest BCUT2D eigenvalue weighted by Gasteiger charge is -2.44. The van der Waals surface area contributed by atoms with Crippen molar-refractivity contribution < 1.29 is 4.79 Å². The summed E-state index contributed by atoms with van der Waals surface area (Å²) in [6.07, 6.45) is 24.5. The van der Waals surface area contributed by atoms with Crippen LogP contribution in [-0.2, 0) is 4.79 Å². The second-order valence-electron chi connectivity index (χ2n) is 9.40. The Bertz CT molecular complexity index is 539. The van der Waals surface area contributed by atoms with Gasteiger partial charge in [-0.25, -0.2) is 0 Å². The number of piperidine rings is 1. The van der Waals surface area contributed by atoms with Gasteiger partial charge in [0, 0.05) is 19.0 Å². The zero-order chi connectivity index (χ0) is 19.6. The van der Waals surface area contributed by atoms with Gasteiger partial charge in [-0.15, -0.1) is 0 Å². The molecule has 1 aliphatic heterocycles. The van der Waals surface area contributed by atoms with Crippen molar-refractivity contribution in [2.24, 2.45) is 5.92 Å². The zero-order valence-electron chi connectivity index (χ0n) is 17.9. The normalized spacial score (nSPS) is 25.1. The van der Waals surface area contributed by atoms with Crippen LogP contribution < -0.4 is 0 Å². The molecule has 3 heteroatoms. The second-order valence-corrected chi connectivity index (χ2v) is 9.98. The highest BCUT2D eigenvalue weighted by Gasteiger charge is 2.35. The number of hydrogen-bond donors (Lipinski definition) is 0. The zero-order valence-corrected chi connectivity index (χ0v) is 18.7. The van der Waals surface area contributed by atoms with Crippen molar-refractivity contribution in [2.75, 3.05) is 6.54 Å². The number of amides is 1. The number of allylic oxidation sites excluding steroid dienone is 2. The number of unbranched alkanes of at least 4 members (excludes halogenated alkanes) is 2. The molecule has 0 spiro atoms. The predicted octanol–water partition coefficient (Wildman–Crippen LogP) is 7.16. The molecular formula is C25H41NOS. The smallest absolute Gasteiger partial charge is 0.222 e. The number of hydrogen-bond acceptors (Lipinski definition) is 2. The highest BCUT2D eigenvalue weighted by Crippen LogP contribution is 2.35. The van der Waals surface area contributed by atoms with E-state index in [4.69, 9.17) is 12.2 Å². The number of nitrogens with zero attached hydrogens (tertiary/aromatic N) is 1. The average molecular weight is 404 g/mol. The fourth-order valence-electron chi connectivity index (χ4n) is 5.62. The molecule has 28 heavy (non-hydrogen) atoms. The Morgan fingerprint density at radius 1 is 0.929 bits per heavy atom. The molecule has 158 valence electrons. The SMILES string of the molecule is O=C(CCCCCC(=S)CCCC1=CCCCC1)N1CCCC2CCCCC21. The molecular weight excluding hydrogens is 362 g/mol. The number of thiocarbonyl (C=S) groups is 1. The summed E-state index contributed by atoms with van der Waals surface area (Å²) in [4.78, 5) is 16.3. The summed E-state index contributed by atoms with van der Waals surface area (Å²) >= 11 is 5.59. The Labute approximate surface area is 178 Å². The lowest BCUT2D eigenvalue weighted by molar-refractivity contribution is -0.137. The van der Waals surface area contributed by atoms with Gasteiger partial charge in [0.25, 0.3) is 0 Å².